The van der Waals surface area contributed by atoms with E-state index in [1.165, 1.54) is 0 Å². The van der Waals surface area contributed by atoms with E-state index in [4.69, 9.17) is 0 Å². The lowest BCUT2D eigenvalue weighted by Gasteiger charge is -2.20. The maximum absolute atomic E-state index is 11.5. The third kappa shape index (κ3) is 1.93. The lowest BCUT2D eigenvalue weighted by molar-refractivity contribution is -0.136. The highest BCUT2D eigenvalue weighted by Crippen LogP contribution is 2.23. The van der Waals surface area contributed by atoms with Gasteiger partial charge in [-0.25, -0.2) is 0 Å². The maximum atomic E-state index is 11.5. The van der Waals surface area contributed by atoms with Crippen LogP contribution in [0.4, 0.5) is 0 Å². The highest BCUT2D eigenvalue weighted by molar-refractivity contribution is 6.03. The molecule has 1 aliphatic carbocycles. The largest absolute Gasteiger partial charge is 0.299 e. The zero-order valence-corrected chi connectivity index (χ0v) is 7.80. The molecule has 1 aliphatic rings. The van der Waals surface area contributed by atoms with E-state index in [0.717, 1.165) is 19.3 Å². The summed E-state index contributed by atoms with van der Waals surface area (Å²) in [6.45, 7) is 3.73. The Balaban J connectivity index is 2.60. The van der Waals surface area contributed by atoms with Gasteiger partial charge in [0, 0.05) is 12.3 Å². The second kappa shape index (κ2) is 3.83. The fraction of sp³-hybridized carbons (Fsp3) is 0.800. The molecule has 0 unspecified atom stereocenters. The first-order valence-corrected chi connectivity index (χ1v) is 4.69. The van der Waals surface area contributed by atoms with Gasteiger partial charge in [0.2, 0.25) is 0 Å². The Bertz CT molecular complexity index is 194. The molecule has 0 aromatic rings. The van der Waals surface area contributed by atoms with Gasteiger partial charge in [0.05, 0.1) is 5.92 Å². The van der Waals surface area contributed by atoms with Crippen LogP contribution in [0.3, 0.4) is 0 Å². The molecule has 2 heteroatoms. The van der Waals surface area contributed by atoms with Crippen molar-refractivity contribution >= 4 is 11.6 Å². The van der Waals surface area contributed by atoms with Crippen molar-refractivity contribution < 1.29 is 9.59 Å². The summed E-state index contributed by atoms with van der Waals surface area (Å²) < 4.78 is 0. The van der Waals surface area contributed by atoms with Crippen LogP contribution < -0.4 is 0 Å². The fourth-order valence-electron chi connectivity index (χ4n) is 1.69. The summed E-state index contributed by atoms with van der Waals surface area (Å²) in [5, 5.41) is 0. The Labute approximate surface area is 73.3 Å². The summed E-state index contributed by atoms with van der Waals surface area (Å²) in [5.74, 6) is 0.0513. The van der Waals surface area contributed by atoms with E-state index in [-0.39, 0.29) is 23.4 Å². The standard InChI is InChI=1S/C10H16O2/c1-7(2)10(12)8-5-3-4-6-9(8)11/h7-8H,3-6H2,1-2H3/t8-/m0/s1. The van der Waals surface area contributed by atoms with Crippen molar-refractivity contribution in [1.82, 2.24) is 0 Å². The third-order valence-corrected chi connectivity index (χ3v) is 2.47. The topological polar surface area (TPSA) is 34.1 Å². The molecule has 0 radical (unpaired) electrons. The van der Waals surface area contributed by atoms with Crippen molar-refractivity contribution in [3.05, 3.63) is 0 Å². The Morgan fingerprint density at radius 1 is 1.42 bits per heavy atom. The number of ketones is 2. The molecule has 0 amide bonds. The summed E-state index contributed by atoms with van der Waals surface area (Å²) in [6, 6.07) is 0. The van der Waals surface area contributed by atoms with Gasteiger partial charge in [0.25, 0.3) is 0 Å². The highest BCUT2D eigenvalue weighted by Gasteiger charge is 2.29. The van der Waals surface area contributed by atoms with Crippen molar-refractivity contribution in [2.75, 3.05) is 0 Å². The molecule has 68 valence electrons. The Morgan fingerprint density at radius 2 is 2.08 bits per heavy atom. The molecule has 1 atom stereocenters. The van der Waals surface area contributed by atoms with Crippen molar-refractivity contribution in [1.29, 1.82) is 0 Å². The van der Waals surface area contributed by atoms with Crippen LogP contribution in [0.15, 0.2) is 0 Å². The predicted molar refractivity (Wildman–Crippen MR) is 46.8 cm³/mol. The molecular formula is C10H16O2. The molecule has 0 aromatic heterocycles. The zero-order chi connectivity index (χ0) is 9.14. The predicted octanol–water partition coefficient (Wildman–Crippen LogP) is 1.97. The quantitative estimate of drug-likeness (QED) is 0.591. The average Bonchev–Trinajstić information content (AvgIpc) is 2.04. The van der Waals surface area contributed by atoms with Gasteiger partial charge in [0.15, 0.2) is 0 Å². The first-order chi connectivity index (χ1) is 5.63. The van der Waals surface area contributed by atoms with Crippen molar-refractivity contribution in [3.63, 3.8) is 0 Å². The van der Waals surface area contributed by atoms with Gasteiger partial charge in [-0.05, 0) is 12.8 Å². The van der Waals surface area contributed by atoms with E-state index >= 15 is 0 Å². The summed E-state index contributed by atoms with van der Waals surface area (Å²) in [5.41, 5.74) is 0. The lowest BCUT2D eigenvalue weighted by atomic mass is 9.82. The highest BCUT2D eigenvalue weighted by atomic mass is 16.2. The van der Waals surface area contributed by atoms with Crippen LogP contribution in [-0.4, -0.2) is 11.6 Å². The maximum Gasteiger partial charge on any atom is 0.145 e. The van der Waals surface area contributed by atoms with E-state index in [0.29, 0.717) is 6.42 Å². The Morgan fingerprint density at radius 3 is 2.58 bits per heavy atom. The molecule has 0 aliphatic heterocycles. The molecule has 0 aromatic carbocycles. The molecule has 0 bridgehead atoms. The number of carbonyl (C=O) groups excluding carboxylic acids is 2. The smallest absolute Gasteiger partial charge is 0.145 e. The van der Waals surface area contributed by atoms with Crippen LogP contribution in [0, 0.1) is 11.8 Å². The van der Waals surface area contributed by atoms with Crippen LogP contribution in [-0.2, 0) is 9.59 Å². The van der Waals surface area contributed by atoms with E-state index in [1.807, 2.05) is 13.8 Å². The number of carbonyl (C=O) groups is 2. The third-order valence-electron chi connectivity index (χ3n) is 2.47. The first kappa shape index (κ1) is 9.43. The van der Waals surface area contributed by atoms with Crippen LogP contribution in [0.2, 0.25) is 0 Å². The molecular weight excluding hydrogens is 152 g/mol. The van der Waals surface area contributed by atoms with Gasteiger partial charge >= 0.3 is 0 Å². The minimum absolute atomic E-state index is 0.0112. The minimum Gasteiger partial charge on any atom is -0.299 e. The van der Waals surface area contributed by atoms with Crippen LogP contribution >= 0.6 is 0 Å². The van der Waals surface area contributed by atoms with E-state index < -0.39 is 0 Å². The molecule has 0 heterocycles. The van der Waals surface area contributed by atoms with Crippen molar-refractivity contribution in [3.8, 4) is 0 Å². The molecule has 0 N–H and O–H groups in total. The van der Waals surface area contributed by atoms with Crippen LogP contribution in [0.1, 0.15) is 39.5 Å². The number of hydrogen-bond acceptors (Lipinski definition) is 2. The number of rotatable bonds is 2. The summed E-state index contributed by atoms with van der Waals surface area (Å²) in [7, 11) is 0. The van der Waals surface area contributed by atoms with Gasteiger partial charge in [-0.1, -0.05) is 20.3 Å². The Hall–Kier alpha value is -0.660. The van der Waals surface area contributed by atoms with Crippen molar-refractivity contribution in [2.24, 2.45) is 11.8 Å². The second-order valence-electron chi connectivity index (χ2n) is 3.82. The molecule has 1 fully saturated rings. The van der Waals surface area contributed by atoms with Gasteiger partial charge in [0.1, 0.15) is 11.6 Å². The molecule has 0 spiro atoms. The van der Waals surface area contributed by atoms with Gasteiger partial charge < -0.3 is 0 Å². The normalized spacial score (nSPS) is 24.6. The van der Waals surface area contributed by atoms with Gasteiger partial charge in [-0.2, -0.15) is 0 Å². The monoisotopic (exact) mass is 168 g/mol. The summed E-state index contributed by atoms with van der Waals surface area (Å²) in [6.07, 6.45) is 3.41. The lowest BCUT2D eigenvalue weighted by Crippen LogP contribution is -2.30. The summed E-state index contributed by atoms with van der Waals surface area (Å²) >= 11 is 0. The van der Waals surface area contributed by atoms with E-state index in [1.54, 1.807) is 0 Å². The first-order valence-electron chi connectivity index (χ1n) is 4.69. The molecule has 1 rings (SSSR count). The number of Topliss-reactive ketones (excluding diaryl/α,β-unsaturated/α-hetero) is 2. The molecule has 2 nitrogen and oxygen atoms in total. The van der Waals surface area contributed by atoms with Gasteiger partial charge in [-0.15, -0.1) is 0 Å². The fourth-order valence-corrected chi connectivity index (χ4v) is 1.69. The number of hydrogen-bond donors (Lipinski definition) is 0. The zero-order valence-electron chi connectivity index (χ0n) is 7.80. The van der Waals surface area contributed by atoms with Gasteiger partial charge in [-0.3, -0.25) is 9.59 Å². The van der Waals surface area contributed by atoms with Crippen LogP contribution in [0.5, 0.6) is 0 Å². The minimum atomic E-state index is -0.265. The molecule has 0 saturated heterocycles. The summed E-state index contributed by atoms with van der Waals surface area (Å²) in [4.78, 5) is 22.8. The Kier molecular flexibility index (Phi) is 3.01. The van der Waals surface area contributed by atoms with E-state index in [2.05, 4.69) is 0 Å². The average molecular weight is 168 g/mol. The van der Waals surface area contributed by atoms with Crippen LogP contribution in [0.25, 0.3) is 0 Å². The SMILES string of the molecule is CC(C)C(=O)[C@H]1CCCCC1=O. The molecule has 12 heavy (non-hydrogen) atoms. The second-order valence-corrected chi connectivity index (χ2v) is 3.82. The van der Waals surface area contributed by atoms with E-state index in [9.17, 15) is 9.59 Å². The molecule has 1 saturated carbocycles. The van der Waals surface area contributed by atoms with Crippen molar-refractivity contribution in [2.45, 2.75) is 39.5 Å².